The number of carbonyl (C=O) groups excluding carboxylic acids is 1. The number of rotatable bonds is 3. The van der Waals surface area contributed by atoms with Crippen molar-refractivity contribution in [2.75, 3.05) is 11.9 Å². The molecule has 12 heteroatoms. The van der Waals surface area contributed by atoms with E-state index in [0.29, 0.717) is 38.3 Å². The zero-order valence-electron chi connectivity index (χ0n) is 17.1. The number of non-ortho nitro benzene ring substituents is 1. The van der Waals surface area contributed by atoms with Crippen molar-refractivity contribution in [2.45, 2.75) is 0 Å². The van der Waals surface area contributed by atoms with Gasteiger partial charge in [-0.25, -0.2) is 15.3 Å². The number of amides is 1. The molecule has 0 spiro atoms. The second kappa shape index (κ2) is 10.1. The first-order chi connectivity index (χ1) is 16.3. The molecule has 0 aliphatic carbocycles. The number of nitro benzene ring substituents is 1. The van der Waals surface area contributed by atoms with Gasteiger partial charge in [-0.1, -0.05) is 53.0 Å². The smallest absolute Gasteiger partial charge is 0.323 e. The van der Waals surface area contributed by atoms with E-state index in [4.69, 9.17) is 39.6 Å². The molecule has 4 rings (SSSR count). The van der Waals surface area contributed by atoms with Crippen LogP contribution in [0.25, 0.3) is 0 Å². The van der Waals surface area contributed by atoms with Gasteiger partial charge in [-0.05, 0) is 30.3 Å². The maximum Gasteiger partial charge on any atom is 0.435 e. The SMILES string of the molecule is O=C(Nc1ccc(Cl)c(Cl)c1)ONC1=Nc2ccc([N+](=O)[O-])cc2C(c2ccccc2Cl)=NC1. The van der Waals surface area contributed by atoms with Crippen molar-refractivity contribution in [2.24, 2.45) is 9.98 Å². The predicted octanol–water partition coefficient (Wildman–Crippen LogP) is 6.19. The summed E-state index contributed by atoms with van der Waals surface area (Å²) in [7, 11) is 0. The Bertz CT molecular complexity index is 1360. The normalized spacial score (nSPS) is 12.6. The topological polar surface area (TPSA) is 118 Å². The summed E-state index contributed by atoms with van der Waals surface area (Å²) >= 11 is 18.2. The van der Waals surface area contributed by atoms with Gasteiger partial charge in [0.1, 0.15) is 6.54 Å². The summed E-state index contributed by atoms with van der Waals surface area (Å²) in [5.74, 6) is 0.196. The van der Waals surface area contributed by atoms with Gasteiger partial charge in [-0.3, -0.25) is 20.4 Å². The Morgan fingerprint density at radius 1 is 0.971 bits per heavy atom. The van der Waals surface area contributed by atoms with Crippen molar-refractivity contribution < 1.29 is 14.6 Å². The van der Waals surface area contributed by atoms with E-state index >= 15 is 0 Å². The zero-order chi connectivity index (χ0) is 24.2. The van der Waals surface area contributed by atoms with Gasteiger partial charge in [0, 0.05) is 34.0 Å². The molecule has 0 saturated heterocycles. The van der Waals surface area contributed by atoms with Crippen LogP contribution in [0.4, 0.5) is 21.9 Å². The largest absolute Gasteiger partial charge is 0.435 e. The molecule has 0 saturated carbocycles. The molecular formula is C22H14Cl3N5O4. The Morgan fingerprint density at radius 2 is 1.76 bits per heavy atom. The first-order valence-corrected chi connectivity index (χ1v) is 10.8. The molecule has 0 fully saturated rings. The van der Waals surface area contributed by atoms with Crippen LogP contribution >= 0.6 is 34.8 Å². The highest BCUT2D eigenvalue weighted by Crippen LogP contribution is 2.31. The van der Waals surface area contributed by atoms with Crippen molar-refractivity contribution >= 4 is 69.5 Å². The molecule has 2 N–H and O–H groups in total. The molecule has 1 heterocycles. The van der Waals surface area contributed by atoms with Gasteiger partial charge in [-0.2, -0.15) is 0 Å². The van der Waals surface area contributed by atoms with Crippen LogP contribution in [0.2, 0.25) is 15.1 Å². The van der Waals surface area contributed by atoms with Gasteiger partial charge in [0.2, 0.25) is 0 Å². The number of halogens is 3. The van der Waals surface area contributed by atoms with E-state index in [-0.39, 0.29) is 23.1 Å². The molecule has 0 aromatic heterocycles. The van der Waals surface area contributed by atoms with E-state index in [1.807, 2.05) is 0 Å². The predicted molar refractivity (Wildman–Crippen MR) is 132 cm³/mol. The van der Waals surface area contributed by atoms with Crippen LogP contribution in [0.5, 0.6) is 0 Å². The number of anilines is 1. The Labute approximate surface area is 208 Å². The fourth-order valence-electron chi connectivity index (χ4n) is 3.11. The van der Waals surface area contributed by atoms with Gasteiger partial charge in [-0.15, -0.1) is 0 Å². The molecule has 172 valence electrons. The molecule has 3 aromatic rings. The quantitative estimate of drug-likeness (QED) is 0.317. The minimum Gasteiger partial charge on any atom is -0.323 e. The number of carbonyl (C=O) groups is 1. The first-order valence-electron chi connectivity index (χ1n) is 9.66. The lowest BCUT2D eigenvalue weighted by Gasteiger charge is -2.09. The second-order valence-corrected chi connectivity index (χ2v) is 8.13. The number of nitrogens with one attached hydrogen (secondary N) is 2. The molecule has 1 aliphatic heterocycles. The fraction of sp³-hybridized carbons (Fsp3) is 0.0455. The summed E-state index contributed by atoms with van der Waals surface area (Å²) in [6.45, 7) is -0.0108. The van der Waals surface area contributed by atoms with Gasteiger partial charge in [0.25, 0.3) is 5.69 Å². The molecule has 0 bridgehead atoms. The number of benzene rings is 3. The number of amidine groups is 1. The third-order valence-corrected chi connectivity index (χ3v) is 5.71. The minimum absolute atomic E-state index is 0.0108. The molecular weight excluding hydrogens is 505 g/mol. The van der Waals surface area contributed by atoms with Crippen molar-refractivity contribution in [3.63, 3.8) is 0 Å². The first kappa shape index (κ1) is 23.5. The highest BCUT2D eigenvalue weighted by atomic mass is 35.5. The van der Waals surface area contributed by atoms with Crippen LogP contribution in [0.3, 0.4) is 0 Å². The number of nitro groups is 1. The molecule has 3 aromatic carbocycles. The van der Waals surface area contributed by atoms with E-state index < -0.39 is 11.0 Å². The molecule has 34 heavy (non-hydrogen) atoms. The third kappa shape index (κ3) is 5.28. The second-order valence-electron chi connectivity index (χ2n) is 6.91. The summed E-state index contributed by atoms with van der Waals surface area (Å²) in [5.41, 5.74) is 4.54. The van der Waals surface area contributed by atoms with Crippen LogP contribution in [0, 0.1) is 10.1 Å². The van der Waals surface area contributed by atoms with Crippen LogP contribution in [-0.4, -0.2) is 29.1 Å². The van der Waals surface area contributed by atoms with Crippen LogP contribution in [-0.2, 0) is 4.84 Å². The Morgan fingerprint density at radius 3 is 2.50 bits per heavy atom. The third-order valence-electron chi connectivity index (χ3n) is 4.64. The summed E-state index contributed by atoms with van der Waals surface area (Å²) in [6.07, 6.45) is -0.829. The monoisotopic (exact) mass is 517 g/mol. The molecule has 1 aliphatic rings. The van der Waals surface area contributed by atoms with E-state index in [0.717, 1.165) is 0 Å². The minimum atomic E-state index is -0.829. The zero-order valence-corrected chi connectivity index (χ0v) is 19.4. The number of hydrogen-bond donors (Lipinski definition) is 2. The van der Waals surface area contributed by atoms with Crippen molar-refractivity contribution in [3.8, 4) is 0 Å². The molecule has 0 atom stereocenters. The van der Waals surface area contributed by atoms with Crippen LogP contribution in [0.1, 0.15) is 11.1 Å². The number of aliphatic imine (C=N–C) groups is 2. The average Bonchev–Trinajstić information content (AvgIpc) is 2.99. The molecule has 1 amide bonds. The van der Waals surface area contributed by atoms with Gasteiger partial charge < -0.3 is 4.84 Å². The van der Waals surface area contributed by atoms with Crippen LogP contribution < -0.4 is 10.8 Å². The Hall–Kier alpha value is -3.66. The maximum atomic E-state index is 12.2. The van der Waals surface area contributed by atoms with E-state index in [1.165, 1.54) is 30.3 Å². The van der Waals surface area contributed by atoms with Gasteiger partial charge in [0.05, 0.1) is 26.4 Å². The Balaban J connectivity index is 1.59. The lowest BCUT2D eigenvalue weighted by atomic mass is 10.00. The van der Waals surface area contributed by atoms with E-state index in [1.54, 1.807) is 30.3 Å². The summed E-state index contributed by atoms with van der Waals surface area (Å²) < 4.78 is 0. The van der Waals surface area contributed by atoms with E-state index in [2.05, 4.69) is 20.8 Å². The Kier molecular flexibility index (Phi) is 6.97. The van der Waals surface area contributed by atoms with Crippen molar-refractivity contribution in [1.82, 2.24) is 5.48 Å². The van der Waals surface area contributed by atoms with Crippen molar-refractivity contribution in [1.29, 1.82) is 0 Å². The average molecular weight is 519 g/mol. The summed E-state index contributed by atoms with van der Waals surface area (Å²) in [6, 6.07) is 15.7. The highest BCUT2D eigenvalue weighted by molar-refractivity contribution is 6.42. The lowest BCUT2D eigenvalue weighted by molar-refractivity contribution is -0.384. The maximum absolute atomic E-state index is 12.2. The van der Waals surface area contributed by atoms with Crippen LogP contribution in [0.15, 0.2) is 70.6 Å². The summed E-state index contributed by atoms with van der Waals surface area (Å²) in [4.78, 5) is 37.0. The van der Waals surface area contributed by atoms with Crippen molar-refractivity contribution in [3.05, 3.63) is 97.0 Å². The number of hydrogen-bond acceptors (Lipinski definition) is 7. The number of fused-ring (bicyclic) bond motifs is 1. The lowest BCUT2D eigenvalue weighted by Crippen LogP contribution is -2.31. The van der Waals surface area contributed by atoms with Gasteiger partial charge >= 0.3 is 6.09 Å². The van der Waals surface area contributed by atoms with Gasteiger partial charge in [0.15, 0.2) is 5.84 Å². The van der Waals surface area contributed by atoms with E-state index in [9.17, 15) is 14.9 Å². The molecule has 0 radical (unpaired) electrons. The number of nitrogens with zero attached hydrogens (tertiary/aromatic N) is 3. The summed E-state index contributed by atoms with van der Waals surface area (Å²) in [5, 5.41) is 14.9. The number of hydroxylamine groups is 1. The standard InChI is InChI=1S/C22H14Cl3N5O4/c23-16-4-2-1-3-14(16)21-15-10-13(30(32)33)6-8-19(15)28-20(11-26-21)29-34-22(31)27-12-5-7-17(24)18(25)9-12/h1-10H,11H2,(H,27,31)(H,28,29). The molecule has 0 unspecified atom stereocenters. The molecule has 9 nitrogen and oxygen atoms in total. The highest BCUT2D eigenvalue weighted by Gasteiger charge is 2.21. The fourth-order valence-corrected chi connectivity index (χ4v) is 3.63.